The molecule has 0 bridgehead atoms. The van der Waals surface area contributed by atoms with Crippen molar-refractivity contribution in [3.8, 4) is 11.3 Å². The summed E-state index contributed by atoms with van der Waals surface area (Å²) >= 11 is 0. The number of hydrogen-bond donors (Lipinski definition) is 3. The molecule has 2 aromatic heterocycles. The van der Waals surface area contributed by atoms with Gasteiger partial charge >= 0.3 is 12.1 Å². The third kappa shape index (κ3) is 7.85. The van der Waals surface area contributed by atoms with E-state index in [9.17, 15) is 22.8 Å². The number of pyridine rings is 2. The van der Waals surface area contributed by atoms with Crippen LogP contribution < -0.4 is 10.6 Å². The maximum atomic E-state index is 12.8. The first kappa shape index (κ1) is 28.8. The van der Waals surface area contributed by atoms with Gasteiger partial charge in [0, 0.05) is 23.5 Å². The molecule has 3 aromatic rings. The zero-order valence-electron chi connectivity index (χ0n) is 21.4. The minimum atomic E-state index is -4.43. The number of aliphatic carboxylic acids is 1. The minimum Gasteiger partial charge on any atom is -0.481 e. The van der Waals surface area contributed by atoms with Gasteiger partial charge in [-0.05, 0) is 48.7 Å². The highest BCUT2D eigenvalue weighted by Crippen LogP contribution is 2.31. The topological polar surface area (TPSA) is 104 Å². The van der Waals surface area contributed by atoms with Gasteiger partial charge < -0.3 is 15.7 Å². The van der Waals surface area contributed by atoms with E-state index < -0.39 is 23.8 Å². The number of anilines is 1. The van der Waals surface area contributed by atoms with Crippen LogP contribution >= 0.6 is 0 Å². The molecule has 0 radical (unpaired) electrons. The molecule has 0 amide bonds. The van der Waals surface area contributed by atoms with E-state index in [-0.39, 0.29) is 18.2 Å². The summed E-state index contributed by atoms with van der Waals surface area (Å²) in [6, 6.07) is 12.2. The average molecular weight is 529 g/mol. The number of carboxylic acids is 1. The predicted octanol–water partition coefficient (Wildman–Crippen LogP) is 6.00. The van der Waals surface area contributed by atoms with Gasteiger partial charge in [0.15, 0.2) is 5.78 Å². The summed E-state index contributed by atoms with van der Waals surface area (Å²) < 4.78 is 38.5. The number of carbonyl (C=O) groups is 2. The highest BCUT2D eigenvalue weighted by atomic mass is 19.4. The summed E-state index contributed by atoms with van der Waals surface area (Å²) in [5.41, 5.74) is 1.63. The Balaban J connectivity index is 1.75. The molecule has 7 nitrogen and oxygen atoms in total. The van der Waals surface area contributed by atoms with Gasteiger partial charge in [-0.1, -0.05) is 45.0 Å². The molecule has 0 aliphatic rings. The van der Waals surface area contributed by atoms with Crippen LogP contribution in [0.1, 0.15) is 61.1 Å². The van der Waals surface area contributed by atoms with Crippen molar-refractivity contribution in [2.45, 2.75) is 51.9 Å². The molecule has 0 saturated heterocycles. The van der Waals surface area contributed by atoms with Gasteiger partial charge in [0.05, 0.1) is 29.8 Å². The Morgan fingerprint density at radius 2 is 1.68 bits per heavy atom. The third-order valence-corrected chi connectivity index (χ3v) is 5.92. The number of ketones is 1. The van der Waals surface area contributed by atoms with Gasteiger partial charge in [0.2, 0.25) is 0 Å². The van der Waals surface area contributed by atoms with Crippen molar-refractivity contribution < 1.29 is 27.9 Å². The zero-order chi connectivity index (χ0) is 27.9. The number of Topliss-reactive ketones (excluding diaryl/α,β-unsaturated/α-hetero) is 1. The minimum absolute atomic E-state index is 0.111. The van der Waals surface area contributed by atoms with E-state index in [0.29, 0.717) is 35.1 Å². The van der Waals surface area contributed by atoms with Gasteiger partial charge in [-0.25, -0.2) is 4.98 Å². The van der Waals surface area contributed by atoms with Crippen molar-refractivity contribution in [1.29, 1.82) is 0 Å². The Morgan fingerprint density at radius 3 is 2.18 bits per heavy atom. The van der Waals surface area contributed by atoms with E-state index in [1.54, 1.807) is 19.1 Å². The maximum absolute atomic E-state index is 12.8. The second kappa shape index (κ2) is 12.6. The lowest BCUT2D eigenvalue weighted by atomic mass is 9.95. The summed E-state index contributed by atoms with van der Waals surface area (Å²) in [5.74, 6) is -0.493. The fraction of sp³-hybridized carbons (Fsp3) is 0.357. The monoisotopic (exact) mass is 528 g/mol. The fourth-order valence-electron chi connectivity index (χ4n) is 4.05. The lowest BCUT2D eigenvalue weighted by Crippen LogP contribution is -2.38. The van der Waals surface area contributed by atoms with E-state index in [4.69, 9.17) is 5.11 Å². The van der Waals surface area contributed by atoms with E-state index in [1.807, 2.05) is 24.3 Å². The van der Waals surface area contributed by atoms with Gasteiger partial charge in [-0.15, -0.1) is 0 Å². The van der Waals surface area contributed by atoms with Crippen LogP contribution in [-0.4, -0.2) is 39.4 Å². The first-order valence-electron chi connectivity index (χ1n) is 12.3. The van der Waals surface area contributed by atoms with E-state index in [0.717, 1.165) is 24.2 Å². The Bertz CT molecular complexity index is 1210. The molecule has 2 heterocycles. The van der Waals surface area contributed by atoms with E-state index in [1.165, 1.54) is 12.3 Å². The van der Waals surface area contributed by atoms with Crippen LogP contribution in [0.25, 0.3) is 11.3 Å². The summed E-state index contributed by atoms with van der Waals surface area (Å²) in [6.07, 6.45) is -1.71. The quantitative estimate of drug-likeness (QED) is 0.248. The smallest absolute Gasteiger partial charge is 0.417 e. The highest BCUT2D eigenvalue weighted by molar-refractivity contribution is 6.01. The van der Waals surface area contributed by atoms with Gasteiger partial charge in [0.1, 0.15) is 5.82 Å². The van der Waals surface area contributed by atoms with Crippen molar-refractivity contribution in [3.63, 3.8) is 0 Å². The zero-order valence-corrected chi connectivity index (χ0v) is 21.4. The number of rotatable bonds is 12. The van der Waals surface area contributed by atoms with Crippen LogP contribution in [0.5, 0.6) is 0 Å². The largest absolute Gasteiger partial charge is 0.481 e. The van der Waals surface area contributed by atoms with Gasteiger partial charge in [0.25, 0.3) is 0 Å². The Labute approximate surface area is 219 Å². The van der Waals surface area contributed by atoms with Gasteiger partial charge in [-0.2, -0.15) is 13.2 Å². The molecular formula is C28H31F3N4O3. The lowest BCUT2D eigenvalue weighted by molar-refractivity contribution is -0.138. The van der Waals surface area contributed by atoms with Crippen LogP contribution in [-0.2, 0) is 11.0 Å². The Kier molecular flexibility index (Phi) is 9.57. The molecule has 3 N–H and O–H groups in total. The molecule has 0 saturated carbocycles. The molecule has 0 fully saturated rings. The van der Waals surface area contributed by atoms with Crippen molar-refractivity contribution in [2.75, 3.05) is 11.9 Å². The first-order chi connectivity index (χ1) is 18.0. The third-order valence-electron chi connectivity index (χ3n) is 5.92. The van der Waals surface area contributed by atoms with Crippen molar-refractivity contribution in [3.05, 3.63) is 77.6 Å². The second-order valence-corrected chi connectivity index (χ2v) is 9.38. The standard InChI is InChI=1S/C28H31F3N4O3/c1-4-32-24(14-26(36)37)27(38)20-9-12-25(34-15-20)35-23(13-17(2)3)19-7-5-18(6-8-19)22-11-10-21(16-33-22)28(29,30)31/h5-12,15-17,23-24,32H,4,13-14H2,1-3H3,(H,34,35)(H,36,37)/t23-,24?/m0/s1. The highest BCUT2D eigenvalue weighted by Gasteiger charge is 2.30. The molecule has 10 heteroatoms. The number of likely N-dealkylation sites (N-methyl/N-ethyl adjacent to an activating group) is 1. The normalized spacial score (nSPS) is 13.2. The summed E-state index contributed by atoms with van der Waals surface area (Å²) in [5, 5.41) is 15.4. The second-order valence-electron chi connectivity index (χ2n) is 9.38. The van der Waals surface area contributed by atoms with E-state index >= 15 is 0 Å². The molecular weight excluding hydrogens is 497 g/mol. The molecule has 2 atom stereocenters. The number of benzene rings is 1. The SMILES string of the molecule is CCNC(CC(=O)O)C(=O)c1ccc(N[C@@H](CC(C)C)c2ccc(-c3ccc(C(F)(F)F)cn3)cc2)nc1. The molecule has 202 valence electrons. The fourth-order valence-corrected chi connectivity index (χ4v) is 4.05. The summed E-state index contributed by atoms with van der Waals surface area (Å²) in [6.45, 7) is 6.44. The number of alkyl halides is 3. The molecule has 0 aliphatic carbocycles. The van der Waals surface area contributed by atoms with Crippen LogP contribution in [0, 0.1) is 5.92 Å². The number of hydrogen-bond acceptors (Lipinski definition) is 6. The molecule has 1 unspecified atom stereocenters. The van der Waals surface area contributed by atoms with Crippen LogP contribution in [0.2, 0.25) is 0 Å². The lowest BCUT2D eigenvalue weighted by Gasteiger charge is -2.22. The van der Waals surface area contributed by atoms with Crippen molar-refractivity contribution in [2.24, 2.45) is 5.92 Å². The van der Waals surface area contributed by atoms with Crippen molar-refractivity contribution in [1.82, 2.24) is 15.3 Å². The maximum Gasteiger partial charge on any atom is 0.417 e. The average Bonchev–Trinajstić information content (AvgIpc) is 2.87. The Hall–Kier alpha value is -3.79. The summed E-state index contributed by atoms with van der Waals surface area (Å²) in [4.78, 5) is 32.2. The molecule has 1 aromatic carbocycles. The number of carbonyl (C=O) groups excluding carboxylic acids is 1. The van der Waals surface area contributed by atoms with Crippen LogP contribution in [0.15, 0.2) is 60.9 Å². The Morgan fingerprint density at radius 1 is 0.974 bits per heavy atom. The molecule has 3 rings (SSSR count). The molecule has 38 heavy (non-hydrogen) atoms. The van der Waals surface area contributed by atoms with Crippen LogP contribution in [0.4, 0.5) is 19.0 Å². The number of nitrogens with zero attached hydrogens (tertiary/aromatic N) is 2. The van der Waals surface area contributed by atoms with Gasteiger partial charge in [-0.3, -0.25) is 14.6 Å². The predicted molar refractivity (Wildman–Crippen MR) is 139 cm³/mol. The number of halogens is 3. The number of carboxylic acid groups (broad SMARTS) is 1. The molecule has 0 spiro atoms. The summed E-state index contributed by atoms with van der Waals surface area (Å²) in [7, 11) is 0. The van der Waals surface area contributed by atoms with Crippen LogP contribution in [0.3, 0.4) is 0 Å². The molecule has 0 aliphatic heterocycles. The van der Waals surface area contributed by atoms with E-state index in [2.05, 4.69) is 34.4 Å². The number of nitrogens with one attached hydrogen (secondary N) is 2. The van der Waals surface area contributed by atoms with Crippen molar-refractivity contribution >= 4 is 17.6 Å². The first-order valence-corrected chi connectivity index (χ1v) is 12.3. The number of aromatic nitrogens is 2.